The lowest BCUT2D eigenvalue weighted by Gasteiger charge is -2.15. The van der Waals surface area contributed by atoms with Crippen LogP contribution in [0.3, 0.4) is 0 Å². The zero-order chi connectivity index (χ0) is 13.5. The van der Waals surface area contributed by atoms with E-state index in [0.717, 1.165) is 19.3 Å². The smallest absolute Gasteiger partial charge is 0.0379 e. The Kier molecular flexibility index (Phi) is 5.74. The molecule has 0 saturated carbocycles. The van der Waals surface area contributed by atoms with Crippen molar-refractivity contribution >= 4 is 11.3 Å². The Hall–Kier alpha value is -1.46. The van der Waals surface area contributed by atoms with Crippen LogP contribution in [0.2, 0.25) is 0 Å². The lowest BCUT2D eigenvalue weighted by atomic mass is 9.94. The molecule has 1 heteroatoms. The number of hydrogen-bond donors (Lipinski definition) is 1. The first-order valence-corrected chi connectivity index (χ1v) is 6.88. The van der Waals surface area contributed by atoms with E-state index in [4.69, 9.17) is 0 Å². The standard InChI is InChI=1S/C17H25N/c1-6-9-14(8-3)15-11-13(4)16(10-7-2)17(12-15)18-5/h11-12,18H,3,6-7,9-10H2,1-2,4-5H3. The number of hydrogen-bond acceptors (Lipinski definition) is 1. The van der Waals surface area contributed by atoms with E-state index in [1.165, 1.54) is 34.4 Å². The van der Waals surface area contributed by atoms with E-state index in [9.17, 15) is 0 Å². The van der Waals surface area contributed by atoms with Gasteiger partial charge < -0.3 is 5.32 Å². The SMILES string of the molecule is C=C=C(CCC)c1cc(C)c(CCC)c(NC)c1. The Morgan fingerprint density at radius 2 is 2.00 bits per heavy atom. The van der Waals surface area contributed by atoms with Crippen LogP contribution in [0.15, 0.2) is 24.4 Å². The second kappa shape index (κ2) is 7.08. The average molecular weight is 243 g/mol. The van der Waals surface area contributed by atoms with Crippen molar-refractivity contribution in [2.45, 2.75) is 46.5 Å². The van der Waals surface area contributed by atoms with Crippen LogP contribution in [0.5, 0.6) is 0 Å². The number of allylic oxidation sites excluding steroid dienone is 1. The highest BCUT2D eigenvalue weighted by Gasteiger charge is 2.09. The van der Waals surface area contributed by atoms with E-state index < -0.39 is 0 Å². The fraction of sp³-hybridized carbons (Fsp3) is 0.471. The van der Waals surface area contributed by atoms with Gasteiger partial charge in [-0.3, -0.25) is 0 Å². The Morgan fingerprint density at radius 3 is 2.50 bits per heavy atom. The summed E-state index contributed by atoms with van der Waals surface area (Å²) in [5.41, 5.74) is 9.61. The highest BCUT2D eigenvalue weighted by molar-refractivity contribution is 5.71. The van der Waals surface area contributed by atoms with Gasteiger partial charge in [0.1, 0.15) is 0 Å². The highest BCUT2D eigenvalue weighted by atomic mass is 14.8. The number of anilines is 1. The monoisotopic (exact) mass is 243 g/mol. The molecule has 1 nitrogen and oxygen atoms in total. The highest BCUT2D eigenvalue weighted by Crippen LogP contribution is 2.28. The molecule has 1 aromatic rings. The van der Waals surface area contributed by atoms with Gasteiger partial charge in [-0.05, 0) is 42.5 Å². The molecule has 1 aromatic carbocycles. The molecule has 0 aliphatic carbocycles. The molecule has 0 spiro atoms. The summed E-state index contributed by atoms with van der Waals surface area (Å²) in [6, 6.07) is 4.51. The second-order valence-electron chi connectivity index (χ2n) is 4.72. The topological polar surface area (TPSA) is 12.0 Å². The van der Waals surface area contributed by atoms with Gasteiger partial charge in [-0.2, -0.15) is 0 Å². The van der Waals surface area contributed by atoms with Gasteiger partial charge in [-0.1, -0.05) is 39.3 Å². The Morgan fingerprint density at radius 1 is 1.28 bits per heavy atom. The van der Waals surface area contributed by atoms with Crippen LogP contribution in [0.4, 0.5) is 5.69 Å². The van der Waals surface area contributed by atoms with Crippen molar-refractivity contribution in [3.8, 4) is 0 Å². The van der Waals surface area contributed by atoms with Crippen molar-refractivity contribution < 1.29 is 0 Å². The summed E-state index contributed by atoms with van der Waals surface area (Å²) in [5.74, 6) is 0. The first kappa shape index (κ1) is 14.6. The molecule has 0 aromatic heterocycles. The van der Waals surface area contributed by atoms with Crippen molar-refractivity contribution in [3.63, 3.8) is 0 Å². The number of rotatable bonds is 6. The van der Waals surface area contributed by atoms with E-state index in [-0.39, 0.29) is 0 Å². The Labute approximate surface area is 112 Å². The van der Waals surface area contributed by atoms with Crippen LogP contribution in [0, 0.1) is 6.92 Å². The van der Waals surface area contributed by atoms with E-state index in [0.29, 0.717) is 0 Å². The maximum absolute atomic E-state index is 3.82. The summed E-state index contributed by atoms with van der Waals surface area (Å²) in [7, 11) is 1.99. The molecule has 18 heavy (non-hydrogen) atoms. The Bertz CT molecular complexity index is 451. The van der Waals surface area contributed by atoms with Crippen molar-refractivity contribution in [3.05, 3.63) is 41.1 Å². The minimum atomic E-state index is 1.04. The molecular weight excluding hydrogens is 218 g/mol. The molecule has 0 unspecified atom stereocenters. The normalized spacial score (nSPS) is 10.0. The molecule has 0 aliphatic rings. The summed E-state index contributed by atoms with van der Waals surface area (Å²) < 4.78 is 0. The van der Waals surface area contributed by atoms with Crippen LogP contribution >= 0.6 is 0 Å². The predicted octanol–water partition coefficient (Wildman–Crippen LogP) is 4.96. The molecule has 0 amide bonds. The minimum Gasteiger partial charge on any atom is -0.388 e. The fourth-order valence-corrected chi connectivity index (χ4v) is 2.38. The zero-order valence-corrected chi connectivity index (χ0v) is 12.2. The van der Waals surface area contributed by atoms with Gasteiger partial charge in [0, 0.05) is 18.3 Å². The number of aryl methyl sites for hydroxylation is 1. The quantitative estimate of drug-likeness (QED) is 0.696. The molecular formula is C17H25N. The lowest BCUT2D eigenvalue weighted by Crippen LogP contribution is -2.00. The van der Waals surface area contributed by atoms with Crippen LogP contribution < -0.4 is 5.32 Å². The third kappa shape index (κ3) is 3.27. The van der Waals surface area contributed by atoms with Crippen molar-refractivity contribution in [1.29, 1.82) is 0 Å². The van der Waals surface area contributed by atoms with Crippen LogP contribution in [0.1, 0.15) is 49.8 Å². The first-order chi connectivity index (χ1) is 8.67. The van der Waals surface area contributed by atoms with Gasteiger partial charge in [0.25, 0.3) is 0 Å². The third-order valence-corrected chi connectivity index (χ3v) is 3.30. The summed E-state index contributed by atoms with van der Waals surface area (Å²) >= 11 is 0. The third-order valence-electron chi connectivity index (χ3n) is 3.30. The molecule has 98 valence electrons. The zero-order valence-electron chi connectivity index (χ0n) is 12.2. The first-order valence-electron chi connectivity index (χ1n) is 6.88. The van der Waals surface area contributed by atoms with E-state index in [1.807, 2.05) is 7.05 Å². The van der Waals surface area contributed by atoms with Crippen molar-refractivity contribution in [2.75, 3.05) is 12.4 Å². The molecule has 0 bridgehead atoms. The van der Waals surface area contributed by atoms with Crippen LogP contribution in [0.25, 0.3) is 5.57 Å². The largest absolute Gasteiger partial charge is 0.388 e. The molecule has 1 N–H and O–H groups in total. The fourth-order valence-electron chi connectivity index (χ4n) is 2.38. The van der Waals surface area contributed by atoms with Gasteiger partial charge in [-0.15, -0.1) is 5.73 Å². The van der Waals surface area contributed by atoms with Crippen molar-refractivity contribution in [1.82, 2.24) is 0 Å². The predicted molar refractivity (Wildman–Crippen MR) is 82.2 cm³/mol. The van der Waals surface area contributed by atoms with E-state index in [2.05, 4.69) is 50.5 Å². The molecule has 0 saturated heterocycles. The molecule has 0 radical (unpaired) electrons. The molecule has 0 aliphatic heterocycles. The van der Waals surface area contributed by atoms with E-state index in [1.54, 1.807) is 0 Å². The van der Waals surface area contributed by atoms with Gasteiger partial charge in [0.2, 0.25) is 0 Å². The van der Waals surface area contributed by atoms with Crippen molar-refractivity contribution in [2.24, 2.45) is 0 Å². The van der Waals surface area contributed by atoms with Crippen LogP contribution in [-0.2, 0) is 6.42 Å². The average Bonchev–Trinajstić information content (AvgIpc) is 2.38. The number of nitrogens with one attached hydrogen (secondary N) is 1. The van der Waals surface area contributed by atoms with Gasteiger partial charge in [-0.25, -0.2) is 0 Å². The lowest BCUT2D eigenvalue weighted by molar-refractivity contribution is 0.912. The summed E-state index contributed by atoms with van der Waals surface area (Å²) in [6.45, 7) is 10.4. The maximum Gasteiger partial charge on any atom is 0.0379 e. The van der Waals surface area contributed by atoms with Gasteiger partial charge >= 0.3 is 0 Å². The second-order valence-corrected chi connectivity index (χ2v) is 4.72. The van der Waals surface area contributed by atoms with Crippen LogP contribution in [-0.4, -0.2) is 7.05 Å². The molecule has 0 heterocycles. The summed E-state index contributed by atoms with van der Waals surface area (Å²) in [4.78, 5) is 0. The van der Waals surface area contributed by atoms with E-state index >= 15 is 0 Å². The van der Waals surface area contributed by atoms with Gasteiger partial charge in [0.05, 0.1) is 0 Å². The van der Waals surface area contributed by atoms with Gasteiger partial charge in [0.15, 0.2) is 0 Å². The molecule has 1 rings (SSSR count). The minimum absolute atomic E-state index is 1.04. The summed E-state index contributed by atoms with van der Waals surface area (Å²) in [5, 5.41) is 3.32. The number of benzene rings is 1. The molecule has 0 fully saturated rings. The Balaban J connectivity index is 3.25. The maximum atomic E-state index is 3.82. The molecule has 0 atom stereocenters. The summed E-state index contributed by atoms with van der Waals surface area (Å²) in [6.07, 6.45) is 4.47.